The zero-order valence-corrected chi connectivity index (χ0v) is 13.6. The van der Waals surface area contributed by atoms with Crippen molar-refractivity contribution < 1.29 is 0 Å². The van der Waals surface area contributed by atoms with Crippen LogP contribution in [0.15, 0.2) is 30.3 Å². The fourth-order valence-electron chi connectivity index (χ4n) is 5.05. The highest BCUT2D eigenvalue weighted by atomic mass is 15.3. The van der Waals surface area contributed by atoms with Gasteiger partial charge >= 0.3 is 0 Å². The molecule has 1 saturated carbocycles. The van der Waals surface area contributed by atoms with Crippen molar-refractivity contribution in [3.8, 4) is 0 Å². The summed E-state index contributed by atoms with van der Waals surface area (Å²) < 4.78 is 0. The molecule has 2 atom stereocenters. The fourth-order valence-corrected chi connectivity index (χ4v) is 5.05. The maximum atomic E-state index is 3.51. The largest absolute Gasteiger partial charge is 0.314 e. The molecule has 4 rings (SSSR count). The molecule has 0 radical (unpaired) electrons. The molecule has 2 unspecified atom stereocenters. The number of hydrogen-bond acceptors (Lipinski definition) is 3. The van der Waals surface area contributed by atoms with E-state index >= 15 is 0 Å². The van der Waals surface area contributed by atoms with Gasteiger partial charge in [-0.05, 0) is 30.2 Å². The fraction of sp³-hybridized carbons (Fsp3) is 0.684. The highest BCUT2D eigenvalue weighted by Crippen LogP contribution is 2.38. The Kier molecular flexibility index (Phi) is 4.47. The predicted molar refractivity (Wildman–Crippen MR) is 90.8 cm³/mol. The number of nitrogens with one attached hydrogen (secondary N) is 1. The normalized spacial score (nSPS) is 33.7. The van der Waals surface area contributed by atoms with Crippen LogP contribution < -0.4 is 5.32 Å². The number of rotatable bonds is 3. The van der Waals surface area contributed by atoms with E-state index in [1.165, 1.54) is 64.1 Å². The van der Waals surface area contributed by atoms with Crippen LogP contribution in [0.4, 0.5) is 0 Å². The van der Waals surface area contributed by atoms with E-state index < -0.39 is 0 Å². The van der Waals surface area contributed by atoms with Crippen molar-refractivity contribution in [3.05, 3.63) is 35.9 Å². The number of likely N-dealkylation sites (tertiary alicyclic amines) is 1. The van der Waals surface area contributed by atoms with E-state index in [2.05, 4.69) is 45.4 Å². The van der Waals surface area contributed by atoms with Gasteiger partial charge in [0.2, 0.25) is 0 Å². The van der Waals surface area contributed by atoms with Crippen LogP contribution in [-0.4, -0.2) is 55.1 Å². The summed E-state index contributed by atoms with van der Waals surface area (Å²) in [5.74, 6) is 1.80. The summed E-state index contributed by atoms with van der Waals surface area (Å²) >= 11 is 0. The van der Waals surface area contributed by atoms with Gasteiger partial charge in [0.1, 0.15) is 0 Å². The first kappa shape index (κ1) is 14.7. The Hall–Kier alpha value is -0.900. The van der Waals surface area contributed by atoms with E-state index in [-0.39, 0.29) is 0 Å². The molecule has 0 amide bonds. The van der Waals surface area contributed by atoms with Crippen molar-refractivity contribution in [2.45, 2.75) is 31.8 Å². The van der Waals surface area contributed by atoms with Crippen LogP contribution in [0.1, 0.15) is 24.8 Å². The van der Waals surface area contributed by atoms with Gasteiger partial charge in [0, 0.05) is 51.9 Å². The maximum absolute atomic E-state index is 3.51. The summed E-state index contributed by atoms with van der Waals surface area (Å²) in [6.07, 6.45) is 4.34. The zero-order valence-electron chi connectivity index (χ0n) is 13.6. The second-order valence-electron chi connectivity index (χ2n) is 7.41. The SMILES string of the molecule is c1ccc(CN2CC3CCCC(C2)C3N2CCNCC2)cc1. The lowest BCUT2D eigenvalue weighted by Gasteiger charge is -2.52. The van der Waals surface area contributed by atoms with Crippen molar-refractivity contribution in [1.82, 2.24) is 15.1 Å². The Balaban J connectivity index is 1.44. The number of piperazine rings is 1. The third kappa shape index (κ3) is 3.08. The first-order valence-corrected chi connectivity index (χ1v) is 9.11. The van der Waals surface area contributed by atoms with E-state index in [0.29, 0.717) is 0 Å². The molecule has 3 fully saturated rings. The van der Waals surface area contributed by atoms with Crippen molar-refractivity contribution in [2.75, 3.05) is 39.3 Å². The van der Waals surface area contributed by atoms with Crippen LogP contribution in [0.2, 0.25) is 0 Å². The monoisotopic (exact) mass is 299 g/mol. The molecular formula is C19H29N3. The number of hydrogen-bond donors (Lipinski definition) is 1. The second-order valence-corrected chi connectivity index (χ2v) is 7.41. The Morgan fingerprint density at radius 1 is 0.955 bits per heavy atom. The highest BCUT2D eigenvalue weighted by Gasteiger charge is 2.42. The molecule has 1 aliphatic carbocycles. The highest BCUT2D eigenvalue weighted by molar-refractivity contribution is 5.15. The number of piperidine rings is 1. The number of fused-ring (bicyclic) bond motifs is 2. The quantitative estimate of drug-likeness (QED) is 0.923. The third-order valence-electron chi connectivity index (χ3n) is 5.92. The number of nitrogens with zero attached hydrogens (tertiary/aromatic N) is 2. The Bertz CT molecular complexity index is 455. The predicted octanol–water partition coefficient (Wildman–Crippen LogP) is 2.19. The molecule has 3 nitrogen and oxygen atoms in total. The van der Waals surface area contributed by atoms with Crippen LogP contribution in [0.3, 0.4) is 0 Å². The molecule has 1 aromatic carbocycles. The summed E-state index contributed by atoms with van der Waals surface area (Å²) in [6, 6.07) is 11.9. The van der Waals surface area contributed by atoms with Crippen LogP contribution in [0.5, 0.6) is 0 Å². The Morgan fingerprint density at radius 2 is 1.64 bits per heavy atom. The standard InChI is InChI=1S/C19H29N3/c1-2-5-16(6-3-1)13-21-14-17-7-4-8-18(15-21)19(17)22-11-9-20-10-12-22/h1-3,5-6,17-20H,4,7-15H2. The third-order valence-corrected chi connectivity index (χ3v) is 5.92. The molecule has 2 saturated heterocycles. The zero-order chi connectivity index (χ0) is 14.8. The van der Waals surface area contributed by atoms with Gasteiger partial charge in [-0.15, -0.1) is 0 Å². The van der Waals surface area contributed by atoms with Crippen molar-refractivity contribution >= 4 is 0 Å². The lowest BCUT2D eigenvalue weighted by Crippen LogP contribution is -2.61. The topological polar surface area (TPSA) is 18.5 Å². The second kappa shape index (κ2) is 6.69. The number of benzene rings is 1. The molecule has 2 bridgehead atoms. The van der Waals surface area contributed by atoms with Gasteiger partial charge in [0.15, 0.2) is 0 Å². The van der Waals surface area contributed by atoms with E-state index in [4.69, 9.17) is 0 Å². The van der Waals surface area contributed by atoms with E-state index in [9.17, 15) is 0 Å². The Labute approximate surface area is 134 Å². The van der Waals surface area contributed by atoms with E-state index in [1.807, 2.05) is 0 Å². The molecule has 1 aromatic rings. The molecule has 120 valence electrons. The average molecular weight is 299 g/mol. The van der Waals surface area contributed by atoms with Gasteiger partial charge in [-0.1, -0.05) is 36.8 Å². The molecule has 22 heavy (non-hydrogen) atoms. The summed E-state index contributed by atoms with van der Waals surface area (Å²) in [4.78, 5) is 5.54. The van der Waals surface area contributed by atoms with Crippen molar-refractivity contribution in [2.24, 2.45) is 11.8 Å². The first-order valence-electron chi connectivity index (χ1n) is 9.11. The van der Waals surface area contributed by atoms with E-state index in [0.717, 1.165) is 24.4 Å². The summed E-state index contributed by atoms with van der Waals surface area (Å²) in [5.41, 5.74) is 1.47. The molecule has 2 heterocycles. The van der Waals surface area contributed by atoms with Crippen LogP contribution in [-0.2, 0) is 6.54 Å². The van der Waals surface area contributed by atoms with E-state index in [1.54, 1.807) is 0 Å². The average Bonchev–Trinajstić information content (AvgIpc) is 2.56. The van der Waals surface area contributed by atoms with Crippen molar-refractivity contribution in [1.29, 1.82) is 0 Å². The van der Waals surface area contributed by atoms with Crippen LogP contribution >= 0.6 is 0 Å². The lowest BCUT2D eigenvalue weighted by molar-refractivity contribution is -0.0264. The van der Waals surface area contributed by atoms with Gasteiger partial charge in [-0.3, -0.25) is 9.80 Å². The maximum Gasteiger partial charge on any atom is 0.0233 e. The molecule has 3 heteroatoms. The molecule has 2 aliphatic heterocycles. The Morgan fingerprint density at radius 3 is 2.32 bits per heavy atom. The summed E-state index contributed by atoms with van der Waals surface area (Å²) in [6.45, 7) is 8.64. The summed E-state index contributed by atoms with van der Waals surface area (Å²) in [7, 11) is 0. The van der Waals surface area contributed by atoms with Crippen molar-refractivity contribution in [3.63, 3.8) is 0 Å². The smallest absolute Gasteiger partial charge is 0.0233 e. The van der Waals surface area contributed by atoms with Gasteiger partial charge < -0.3 is 5.32 Å². The molecular weight excluding hydrogens is 270 g/mol. The first-order chi connectivity index (χ1) is 10.9. The minimum absolute atomic E-state index is 0.864. The molecule has 1 N–H and O–H groups in total. The minimum atomic E-state index is 0.864. The molecule has 3 aliphatic rings. The van der Waals surface area contributed by atoms with Gasteiger partial charge in [0.05, 0.1) is 0 Å². The van der Waals surface area contributed by atoms with Crippen LogP contribution in [0.25, 0.3) is 0 Å². The summed E-state index contributed by atoms with van der Waals surface area (Å²) in [5, 5.41) is 3.51. The molecule has 0 spiro atoms. The van der Waals surface area contributed by atoms with Gasteiger partial charge in [0.25, 0.3) is 0 Å². The lowest BCUT2D eigenvalue weighted by atomic mass is 9.72. The minimum Gasteiger partial charge on any atom is -0.314 e. The van der Waals surface area contributed by atoms with Crippen LogP contribution in [0, 0.1) is 11.8 Å². The van der Waals surface area contributed by atoms with Gasteiger partial charge in [-0.2, -0.15) is 0 Å². The molecule has 0 aromatic heterocycles. The van der Waals surface area contributed by atoms with Gasteiger partial charge in [-0.25, -0.2) is 0 Å².